The molecule has 0 atom stereocenters. The number of nitrogens with zero attached hydrogens (tertiary/aromatic N) is 4. The monoisotopic (exact) mass is 270 g/mol. The average molecular weight is 270 g/mol. The Labute approximate surface area is 121 Å². The third-order valence-corrected chi connectivity index (χ3v) is 4.00. The van der Waals surface area contributed by atoms with E-state index in [0.717, 1.165) is 26.2 Å². The molecule has 0 aromatic rings. The van der Waals surface area contributed by atoms with E-state index in [2.05, 4.69) is 9.80 Å². The second-order valence-corrected chi connectivity index (χ2v) is 5.42. The van der Waals surface area contributed by atoms with Crippen molar-refractivity contribution in [2.45, 2.75) is 38.5 Å². The van der Waals surface area contributed by atoms with Gasteiger partial charge in [0.2, 0.25) is 0 Å². The lowest BCUT2D eigenvalue weighted by Gasteiger charge is -2.39. The Balaban J connectivity index is 2.18. The van der Waals surface area contributed by atoms with Gasteiger partial charge in [0, 0.05) is 26.2 Å². The maximum Gasteiger partial charge on any atom is 0.129 e. The zero-order valence-corrected chi connectivity index (χ0v) is 12.0. The Hall–Kier alpha value is -1.94. The van der Waals surface area contributed by atoms with Crippen LogP contribution in [0.4, 0.5) is 0 Å². The van der Waals surface area contributed by atoms with Crippen LogP contribution in [0.15, 0.2) is 23.5 Å². The molecule has 2 heterocycles. The Morgan fingerprint density at radius 3 is 1.55 bits per heavy atom. The van der Waals surface area contributed by atoms with Gasteiger partial charge in [-0.05, 0) is 50.7 Å². The van der Waals surface area contributed by atoms with Crippen LogP contribution in [0.25, 0.3) is 0 Å². The van der Waals surface area contributed by atoms with Crippen molar-refractivity contribution in [2.24, 2.45) is 0 Å². The molecule has 0 unspecified atom stereocenters. The van der Waals surface area contributed by atoms with Crippen LogP contribution < -0.4 is 0 Å². The molecule has 2 rings (SSSR count). The van der Waals surface area contributed by atoms with Gasteiger partial charge in [0.15, 0.2) is 0 Å². The molecule has 2 fully saturated rings. The summed E-state index contributed by atoms with van der Waals surface area (Å²) >= 11 is 0. The molecule has 0 radical (unpaired) electrons. The summed E-state index contributed by atoms with van der Waals surface area (Å²) in [7, 11) is 0. The molecule has 0 bridgehead atoms. The molecule has 4 nitrogen and oxygen atoms in total. The third kappa shape index (κ3) is 3.78. The van der Waals surface area contributed by atoms with E-state index < -0.39 is 0 Å². The number of nitriles is 2. The van der Waals surface area contributed by atoms with Crippen molar-refractivity contribution in [2.75, 3.05) is 26.2 Å². The standard InChI is InChI=1S/C16H22N4/c17-13-15(14-18)7-8-16(19-9-3-1-4-10-19)20-11-5-2-6-12-20/h7-8H,1-6,9-12H2. The largest absolute Gasteiger partial charge is 0.358 e. The molecule has 0 amide bonds. The Kier molecular flexibility index (Phi) is 5.50. The van der Waals surface area contributed by atoms with E-state index in [0.29, 0.717) is 0 Å². The van der Waals surface area contributed by atoms with Gasteiger partial charge < -0.3 is 9.80 Å². The summed E-state index contributed by atoms with van der Waals surface area (Å²) in [6, 6.07) is 3.86. The zero-order chi connectivity index (χ0) is 14.2. The fraction of sp³-hybridized carbons (Fsp3) is 0.625. The number of likely N-dealkylation sites (tertiary alicyclic amines) is 2. The van der Waals surface area contributed by atoms with Gasteiger partial charge in [-0.2, -0.15) is 10.5 Å². The van der Waals surface area contributed by atoms with Crippen LogP contribution in [-0.4, -0.2) is 36.0 Å². The Morgan fingerprint density at radius 1 is 0.700 bits per heavy atom. The van der Waals surface area contributed by atoms with E-state index >= 15 is 0 Å². The van der Waals surface area contributed by atoms with E-state index in [4.69, 9.17) is 10.5 Å². The molecule has 106 valence electrons. The van der Waals surface area contributed by atoms with Gasteiger partial charge in [0.05, 0.1) is 0 Å². The Morgan fingerprint density at radius 2 is 1.15 bits per heavy atom. The minimum absolute atomic E-state index is 0.177. The predicted octanol–water partition coefficient (Wildman–Crippen LogP) is 2.77. The second kappa shape index (κ2) is 7.60. The van der Waals surface area contributed by atoms with Crippen LogP contribution in [0.3, 0.4) is 0 Å². The molecule has 20 heavy (non-hydrogen) atoms. The fourth-order valence-corrected chi connectivity index (χ4v) is 2.91. The van der Waals surface area contributed by atoms with Crippen LogP contribution in [0.5, 0.6) is 0 Å². The highest BCUT2D eigenvalue weighted by Crippen LogP contribution is 2.22. The molecule has 2 aliphatic heterocycles. The van der Waals surface area contributed by atoms with Gasteiger partial charge in [-0.1, -0.05) is 0 Å². The second-order valence-electron chi connectivity index (χ2n) is 5.42. The molecule has 2 saturated heterocycles. The summed E-state index contributed by atoms with van der Waals surface area (Å²) in [6.45, 7) is 4.35. The van der Waals surface area contributed by atoms with Crippen molar-refractivity contribution in [3.05, 3.63) is 23.5 Å². The molecular formula is C16H22N4. The zero-order valence-electron chi connectivity index (χ0n) is 12.0. The van der Waals surface area contributed by atoms with Crippen molar-refractivity contribution < 1.29 is 0 Å². The summed E-state index contributed by atoms with van der Waals surface area (Å²) in [4.78, 5) is 4.83. The number of allylic oxidation sites excluding steroid dienone is 3. The lowest BCUT2D eigenvalue weighted by Crippen LogP contribution is -2.40. The molecule has 0 saturated carbocycles. The first-order chi connectivity index (χ1) is 9.85. The van der Waals surface area contributed by atoms with Crippen molar-refractivity contribution in [3.63, 3.8) is 0 Å². The molecule has 0 aromatic carbocycles. The van der Waals surface area contributed by atoms with Gasteiger partial charge in [-0.25, -0.2) is 0 Å². The first kappa shape index (κ1) is 14.5. The van der Waals surface area contributed by atoms with Crippen LogP contribution in [-0.2, 0) is 0 Å². The number of rotatable bonds is 3. The lowest BCUT2D eigenvalue weighted by atomic mass is 10.1. The number of piperidine rings is 2. The van der Waals surface area contributed by atoms with Gasteiger partial charge >= 0.3 is 0 Å². The molecule has 2 aliphatic rings. The van der Waals surface area contributed by atoms with Crippen molar-refractivity contribution >= 4 is 0 Å². The SMILES string of the molecule is N#CC(C#N)=CC=C(N1CCCCC1)N1CCCCC1. The molecule has 4 heteroatoms. The first-order valence-electron chi connectivity index (χ1n) is 7.57. The molecule has 0 N–H and O–H groups in total. The van der Waals surface area contributed by atoms with Gasteiger partial charge in [-0.3, -0.25) is 0 Å². The molecular weight excluding hydrogens is 248 g/mol. The summed E-state index contributed by atoms with van der Waals surface area (Å²) in [5.41, 5.74) is 0.177. The predicted molar refractivity (Wildman–Crippen MR) is 78.2 cm³/mol. The topological polar surface area (TPSA) is 54.1 Å². The minimum Gasteiger partial charge on any atom is -0.358 e. The van der Waals surface area contributed by atoms with E-state index in [1.165, 1.54) is 44.3 Å². The first-order valence-corrected chi connectivity index (χ1v) is 7.57. The maximum absolute atomic E-state index is 8.86. The number of hydrogen-bond donors (Lipinski definition) is 0. The van der Waals surface area contributed by atoms with E-state index in [-0.39, 0.29) is 5.57 Å². The molecule has 0 aliphatic carbocycles. The van der Waals surface area contributed by atoms with Crippen LogP contribution in [0.2, 0.25) is 0 Å². The molecule has 0 aromatic heterocycles. The fourth-order valence-electron chi connectivity index (χ4n) is 2.91. The summed E-state index contributed by atoms with van der Waals surface area (Å²) in [5.74, 6) is 1.20. The normalized spacial score (nSPS) is 18.7. The minimum atomic E-state index is 0.177. The van der Waals surface area contributed by atoms with E-state index in [9.17, 15) is 0 Å². The highest BCUT2D eigenvalue weighted by Gasteiger charge is 2.20. The molecule has 0 spiro atoms. The maximum atomic E-state index is 8.86. The average Bonchev–Trinajstić information content (AvgIpc) is 2.53. The quantitative estimate of drug-likeness (QED) is 0.584. The highest BCUT2D eigenvalue weighted by atomic mass is 15.3. The summed E-state index contributed by atoms with van der Waals surface area (Å²) in [6.07, 6.45) is 11.2. The lowest BCUT2D eigenvalue weighted by molar-refractivity contribution is 0.166. The van der Waals surface area contributed by atoms with Crippen LogP contribution >= 0.6 is 0 Å². The van der Waals surface area contributed by atoms with Crippen molar-refractivity contribution in [1.29, 1.82) is 10.5 Å². The summed E-state index contributed by atoms with van der Waals surface area (Å²) < 4.78 is 0. The highest BCUT2D eigenvalue weighted by molar-refractivity contribution is 5.38. The van der Waals surface area contributed by atoms with Gasteiger partial charge in [0.1, 0.15) is 23.5 Å². The summed E-state index contributed by atoms with van der Waals surface area (Å²) in [5, 5.41) is 17.7. The number of hydrogen-bond acceptors (Lipinski definition) is 4. The Bertz CT molecular complexity index is 416. The van der Waals surface area contributed by atoms with Crippen LogP contribution in [0, 0.1) is 22.7 Å². The van der Waals surface area contributed by atoms with Gasteiger partial charge in [0.25, 0.3) is 0 Å². The third-order valence-electron chi connectivity index (χ3n) is 4.00. The van der Waals surface area contributed by atoms with E-state index in [1.807, 2.05) is 18.2 Å². The van der Waals surface area contributed by atoms with Gasteiger partial charge in [-0.15, -0.1) is 0 Å². The van der Waals surface area contributed by atoms with E-state index in [1.54, 1.807) is 6.08 Å². The van der Waals surface area contributed by atoms with Crippen LogP contribution in [0.1, 0.15) is 38.5 Å². The smallest absolute Gasteiger partial charge is 0.129 e. The van der Waals surface area contributed by atoms with Crippen molar-refractivity contribution in [3.8, 4) is 12.1 Å². The van der Waals surface area contributed by atoms with Crippen molar-refractivity contribution in [1.82, 2.24) is 9.80 Å².